The Morgan fingerprint density at radius 2 is 1.92 bits per heavy atom. The summed E-state index contributed by atoms with van der Waals surface area (Å²) in [6.45, 7) is 0. The van der Waals surface area contributed by atoms with Crippen molar-refractivity contribution in [2.45, 2.75) is 6.42 Å². The molecule has 3 rings (SSSR count). The highest BCUT2D eigenvalue weighted by atomic mass is 16.5. The predicted molar refractivity (Wildman–Crippen MR) is 88.5 cm³/mol. The van der Waals surface area contributed by atoms with Gasteiger partial charge >= 0.3 is 11.9 Å². The Hall–Kier alpha value is -3.55. The Kier molecular flexibility index (Phi) is 4.51. The Balaban J connectivity index is 1.97. The number of carbonyl (C=O) groups excluding carboxylic acids is 1. The molecule has 0 unspecified atom stereocenters. The lowest BCUT2D eigenvalue weighted by Gasteiger charge is -1.99. The second-order valence-electron chi connectivity index (χ2n) is 5.12. The summed E-state index contributed by atoms with van der Waals surface area (Å²) in [7, 11) is 1.31. The fourth-order valence-electron chi connectivity index (χ4n) is 2.24. The maximum absolute atomic E-state index is 11.6. The van der Waals surface area contributed by atoms with E-state index in [0.717, 1.165) is 0 Å². The number of nitrogens with zero attached hydrogens (tertiary/aromatic N) is 4. The highest BCUT2D eigenvalue weighted by Crippen LogP contribution is 2.25. The molecule has 0 spiro atoms. The van der Waals surface area contributed by atoms with Crippen molar-refractivity contribution in [2.75, 3.05) is 7.11 Å². The number of pyridine rings is 1. The molecule has 0 saturated heterocycles. The molecule has 1 N–H and O–H groups in total. The fraction of sp³-hybridized carbons (Fsp3) is 0.118. The monoisotopic (exact) mass is 338 g/mol. The summed E-state index contributed by atoms with van der Waals surface area (Å²) < 4.78 is 6.40. The van der Waals surface area contributed by atoms with Gasteiger partial charge in [0.25, 0.3) is 0 Å². The lowest BCUT2D eigenvalue weighted by molar-refractivity contribution is -0.139. The van der Waals surface area contributed by atoms with Crippen LogP contribution in [0.3, 0.4) is 0 Å². The van der Waals surface area contributed by atoms with Crippen molar-refractivity contribution in [3.05, 3.63) is 59.9 Å². The average molecular weight is 338 g/mol. The molecule has 1 aromatic carbocycles. The van der Waals surface area contributed by atoms with Gasteiger partial charge in [0, 0.05) is 6.20 Å². The Labute approximate surface area is 142 Å². The number of ether oxygens (including phenoxy) is 1. The van der Waals surface area contributed by atoms with E-state index in [0.29, 0.717) is 22.8 Å². The molecule has 0 aliphatic heterocycles. The number of benzene rings is 1. The minimum absolute atomic E-state index is 0.0233. The Morgan fingerprint density at radius 1 is 1.16 bits per heavy atom. The molecule has 0 radical (unpaired) electrons. The van der Waals surface area contributed by atoms with Crippen molar-refractivity contribution in [1.82, 2.24) is 9.38 Å². The molecule has 0 aliphatic rings. The van der Waals surface area contributed by atoms with Gasteiger partial charge in [-0.2, -0.15) is 0 Å². The summed E-state index contributed by atoms with van der Waals surface area (Å²) in [5.74, 6) is -1.01. The van der Waals surface area contributed by atoms with Crippen LogP contribution in [0.4, 0.5) is 11.5 Å². The third kappa shape index (κ3) is 3.52. The SMILES string of the molecule is COC(=O)Cc1nc2ccccn2c1N=Nc1ccc(C(=O)O)cc1. The third-order valence-electron chi connectivity index (χ3n) is 3.49. The van der Waals surface area contributed by atoms with E-state index in [2.05, 4.69) is 19.9 Å². The van der Waals surface area contributed by atoms with E-state index >= 15 is 0 Å². The van der Waals surface area contributed by atoms with E-state index < -0.39 is 11.9 Å². The van der Waals surface area contributed by atoms with Gasteiger partial charge in [-0.3, -0.25) is 9.20 Å². The first kappa shape index (κ1) is 16.3. The van der Waals surface area contributed by atoms with E-state index in [1.165, 1.54) is 19.2 Å². The summed E-state index contributed by atoms with van der Waals surface area (Å²) >= 11 is 0. The van der Waals surface area contributed by atoms with Crippen molar-refractivity contribution >= 4 is 29.1 Å². The second kappa shape index (κ2) is 6.91. The molecule has 0 saturated carbocycles. The minimum atomic E-state index is -1.01. The smallest absolute Gasteiger partial charge is 0.335 e. The zero-order chi connectivity index (χ0) is 17.8. The molecule has 0 atom stereocenters. The highest BCUT2D eigenvalue weighted by Gasteiger charge is 2.15. The van der Waals surface area contributed by atoms with Crippen LogP contribution in [-0.4, -0.2) is 33.5 Å². The first-order valence-electron chi connectivity index (χ1n) is 7.36. The number of aromatic carboxylic acids is 1. The largest absolute Gasteiger partial charge is 0.478 e. The topological polar surface area (TPSA) is 106 Å². The number of imidazole rings is 1. The Bertz CT molecular complexity index is 960. The quantitative estimate of drug-likeness (QED) is 0.568. The first-order chi connectivity index (χ1) is 12.1. The number of fused-ring (bicyclic) bond motifs is 1. The first-order valence-corrected chi connectivity index (χ1v) is 7.36. The number of rotatable bonds is 5. The summed E-state index contributed by atoms with van der Waals surface area (Å²) in [4.78, 5) is 26.8. The number of hydrogen-bond acceptors (Lipinski definition) is 6. The number of carboxylic acid groups (broad SMARTS) is 1. The molecule has 0 fully saturated rings. The second-order valence-corrected chi connectivity index (χ2v) is 5.12. The summed E-state index contributed by atoms with van der Waals surface area (Å²) in [5.41, 5.74) is 1.74. The van der Waals surface area contributed by atoms with Gasteiger partial charge in [0.05, 0.1) is 30.5 Å². The van der Waals surface area contributed by atoms with Gasteiger partial charge in [0.1, 0.15) is 5.65 Å². The molecule has 0 aliphatic carbocycles. The molecule has 0 amide bonds. The normalized spacial score (nSPS) is 11.1. The fourth-order valence-corrected chi connectivity index (χ4v) is 2.24. The van der Waals surface area contributed by atoms with Crippen LogP contribution in [0.25, 0.3) is 5.65 Å². The van der Waals surface area contributed by atoms with Gasteiger partial charge in [-0.15, -0.1) is 10.2 Å². The Morgan fingerprint density at radius 3 is 2.60 bits per heavy atom. The van der Waals surface area contributed by atoms with Gasteiger partial charge in [-0.25, -0.2) is 9.78 Å². The van der Waals surface area contributed by atoms with Gasteiger partial charge < -0.3 is 9.84 Å². The summed E-state index contributed by atoms with van der Waals surface area (Å²) in [6, 6.07) is 11.4. The molecule has 8 nitrogen and oxygen atoms in total. The minimum Gasteiger partial charge on any atom is -0.478 e. The van der Waals surface area contributed by atoms with Crippen molar-refractivity contribution in [2.24, 2.45) is 10.2 Å². The lowest BCUT2D eigenvalue weighted by Crippen LogP contribution is -2.04. The van der Waals surface area contributed by atoms with Gasteiger partial charge in [-0.05, 0) is 36.4 Å². The number of aromatic nitrogens is 2. The zero-order valence-electron chi connectivity index (χ0n) is 13.3. The van der Waals surface area contributed by atoms with Crippen LogP contribution in [0.15, 0.2) is 58.9 Å². The van der Waals surface area contributed by atoms with Crippen molar-refractivity contribution in [3.63, 3.8) is 0 Å². The van der Waals surface area contributed by atoms with Crippen LogP contribution in [0.5, 0.6) is 0 Å². The number of esters is 1. The number of azo groups is 1. The maximum atomic E-state index is 11.6. The van der Waals surface area contributed by atoms with Crippen LogP contribution < -0.4 is 0 Å². The number of hydrogen-bond donors (Lipinski definition) is 1. The van der Waals surface area contributed by atoms with E-state index in [1.54, 1.807) is 28.8 Å². The highest BCUT2D eigenvalue weighted by molar-refractivity contribution is 5.87. The van der Waals surface area contributed by atoms with E-state index in [-0.39, 0.29) is 12.0 Å². The van der Waals surface area contributed by atoms with Crippen molar-refractivity contribution in [3.8, 4) is 0 Å². The molecule has 126 valence electrons. The number of carboxylic acids is 1. The molecular weight excluding hydrogens is 324 g/mol. The lowest BCUT2D eigenvalue weighted by atomic mass is 10.2. The van der Waals surface area contributed by atoms with Gasteiger partial charge in [0.2, 0.25) is 0 Å². The molecular formula is C17H14N4O4. The predicted octanol–water partition coefficient (Wildman–Crippen LogP) is 3.16. The molecule has 0 bridgehead atoms. The van der Waals surface area contributed by atoms with Crippen LogP contribution in [-0.2, 0) is 16.0 Å². The summed E-state index contributed by atoms with van der Waals surface area (Å²) in [5, 5.41) is 17.2. The van der Waals surface area contributed by atoms with E-state index in [4.69, 9.17) is 5.11 Å². The van der Waals surface area contributed by atoms with Crippen LogP contribution in [0, 0.1) is 0 Å². The van der Waals surface area contributed by atoms with Crippen LogP contribution in [0.2, 0.25) is 0 Å². The molecule has 3 aromatic rings. The van der Waals surface area contributed by atoms with Crippen LogP contribution in [0.1, 0.15) is 16.1 Å². The van der Waals surface area contributed by atoms with Crippen LogP contribution >= 0.6 is 0 Å². The number of methoxy groups -OCH3 is 1. The number of carbonyl (C=O) groups is 2. The van der Waals surface area contributed by atoms with Gasteiger partial charge in [-0.1, -0.05) is 6.07 Å². The standard InChI is InChI=1S/C17H14N4O4/c1-25-15(22)10-13-16(21-9-3-2-4-14(21)18-13)20-19-12-7-5-11(6-8-12)17(23)24/h2-9H,10H2,1H3,(H,23,24). The summed E-state index contributed by atoms with van der Waals surface area (Å²) in [6.07, 6.45) is 1.75. The molecule has 8 heteroatoms. The zero-order valence-corrected chi connectivity index (χ0v) is 13.3. The average Bonchev–Trinajstić information content (AvgIpc) is 2.97. The van der Waals surface area contributed by atoms with Crippen molar-refractivity contribution in [1.29, 1.82) is 0 Å². The molecule has 25 heavy (non-hydrogen) atoms. The van der Waals surface area contributed by atoms with E-state index in [1.807, 2.05) is 12.1 Å². The van der Waals surface area contributed by atoms with Gasteiger partial charge in [0.15, 0.2) is 5.82 Å². The van der Waals surface area contributed by atoms with Crippen molar-refractivity contribution < 1.29 is 19.4 Å². The third-order valence-corrected chi connectivity index (χ3v) is 3.49. The van der Waals surface area contributed by atoms with E-state index in [9.17, 15) is 9.59 Å². The maximum Gasteiger partial charge on any atom is 0.335 e. The molecule has 2 heterocycles. The molecule has 2 aromatic heterocycles.